The molecule has 1 unspecified atom stereocenters. The molecule has 0 saturated heterocycles. The Hall–Kier alpha value is -4.47. The fourth-order valence-corrected chi connectivity index (χ4v) is 5.09. The Labute approximate surface area is 245 Å². The molecule has 208 valence electrons. The van der Waals surface area contributed by atoms with E-state index in [1.54, 1.807) is 55.6 Å². The highest BCUT2D eigenvalue weighted by Gasteiger charge is 2.44. The first kappa shape index (κ1) is 28.1. The van der Waals surface area contributed by atoms with Crippen molar-refractivity contribution in [3.8, 4) is 0 Å². The summed E-state index contributed by atoms with van der Waals surface area (Å²) in [5, 5.41) is 20.7. The second kappa shape index (κ2) is 11.6. The molecule has 3 aromatic carbocycles. The SMILES string of the molecule is CC1(C(=O)N[C@@H](Cc2ccc(NC(=O)c3c(Cl)cccc3Cl)cc2)C(=O)O)CC(c2cccc3cccnc23)=NO1. The van der Waals surface area contributed by atoms with E-state index < -0.39 is 29.4 Å². The van der Waals surface area contributed by atoms with Crippen LogP contribution in [0.4, 0.5) is 5.69 Å². The van der Waals surface area contributed by atoms with Gasteiger partial charge in [0.2, 0.25) is 5.60 Å². The molecular formula is C30H24Cl2N4O5. The number of halogens is 2. The number of benzene rings is 3. The van der Waals surface area contributed by atoms with Crippen LogP contribution < -0.4 is 10.6 Å². The van der Waals surface area contributed by atoms with Crippen molar-refractivity contribution in [2.45, 2.75) is 31.4 Å². The summed E-state index contributed by atoms with van der Waals surface area (Å²) in [5.41, 5.74) is 1.88. The van der Waals surface area contributed by atoms with Gasteiger partial charge in [-0.15, -0.1) is 0 Å². The Bertz CT molecular complexity index is 1670. The summed E-state index contributed by atoms with van der Waals surface area (Å²) < 4.78 is 0. The van der Waals surface area contributed by atoms with Gasteiger partial charge < -0.3 is 20.6 Å². The van der Waals surface area contributed by atoms with Crippen LogP contribution in [-0.2, 0) is 20.8 Å². The number of amides is 2. The van der Waals surface area contributed by atoms with Crippen molar-refractivity contribution in [2.75, 3.05) is 5.32 Å². The number of hydrogen-bond donors (Lipinski definition) is 3. The molecule has 11 heteroatoms. The Morgan fingerprint density at radius 1 is 1.00 bits per heavy atom. The number of carboxylic acids is 1. The van der Waals surface area contributed by atoms with E-state index in [-0.39, 0.29) is 28.5 Å². The van der Waals surface area contributed by atoms with Gasteiger partial charge >= 0.3 is 5.97 Å². The van der Waals surface area contributed by atoms with E-state index in [0.29, 0.717) is 17.0 Å². The number of carboxylic acid groups (broad SMARTS) is 1. The molecule has 5 rings (SSSR count). The van der Waals surface area contributed by atoms with Gasteiger partial charge in [0.1, 0.15) is 6.04 Å². The summed E-state index contributed by atoms with van der Waals surface area (Å²) in [6, 6.07) is 19.5. The summed E-state index contributed by atoms with van der Waals surface area (Å²) in [7, 11) is 0. The fraction of sp³-hybridized carbons (Fsp3) is 0.167. The molecule has 0 saturated carbocycles. The van der Waals surface area contributed by atoms with Crippen LogP contribution in [0.25, 0.3) is 10.9 Å². The van der Waals surface area contributed by atoms with E-state index in [0.717, 1.165) is 16.5 Å². The molecule has 1 aliphatic heterocycles. The smallest absolute Gasteiger partial charge is 0.326 e. The molecule has 0 aliphatic carbocycles. The average molecular weight is 591 g/mol. The first-order chi connectivity index (χ1) is 19.6. The van der Waals surface area contributed by atoms with Crippen molar-refractivity contribution in [2.24, 2.45) is 5.16 Å². The Kier molecular flexibility index (Phi) is 7.92. The van der Waals surface area contributed by atoms with Gasteiger partial charge in [-0.2, -0.15) is 0 Å². The second-order valence-corrected chi connectivity index (χ2v) is 10.5. The van der Waals surface area contributed by atoms with E-state index in [4.69, 9.17) is 28.0 Å². The van der Waals surface area contributed by atoms with Crippen LogP contribution in [0.15, 0.2) is 84.1 Å². The van der Waals surface area contributed by atoms with E-state index in [1.807, 2.05) is 30.3 Å². The van der Waals surface area contributed by atoms with Crippen molar-refractivity contribution in [3.05, 3.63) is 106 Å². The summed E-state index contributed by atoms with van der Waals surface area (Å²) >= 11 is 12.2. The lowest BCUT2D eigenvalue weighted by Gasteiger charge is -2.23. The van der Waals surface area contributed by atoms with Crippen molar-refractivity contribution in [1.82, 2.24) is 10.3 Å². The van der Waals surface area contributed by atoms with Crippen LogP contribution in [-0.4, -0.2) is 45.2 Å². The van der Waals surface area contributed by atoms with Crippen LogP contribution >= 0.6 is 23.2 Å². The minimum absolute atomic E-state index is 0.00266. The summed E-state index contributed by atoms with van der Waals surface area (Å²) in [5.74, 6) is -2.28. The number of hydrogen-bond acceptors (Lipinski definition) is 6. The maximum Gasteiger partial charge on any atom is 0.326 e. The minimum atomic E-state index is -1.39. The van der Waals surface area contributed by atoms with Crippen LogP contribution in [0.5, 0.6) is 0 Å². The first-order valence-electron chi connectivity index (χ1n) is 12.6. The summed E-state index contributed by atoms with van der Waals surface area (Å²) in [6.45, 7) is 1.57. The highest BCUT2D eigenvalue weighted by atomic mass is 35.5. The molecule has 1 aromatic heterocycles. The number of aromatic nitrogens is 1. The zero-order valence-corrected chi connectivity index (χ0v) is 23.2. The fourth-order valence-electron chi connectivity index (χ4n) is 4.52. The summed E-state index contributed by atoms with van der Waals surface area (Å²) in [6.07, 6.45) is 1.83. The van der Waals surface area contributed by atoms with Crippen molar-refractivity contribution in [3.63, 3.8) is 0 Å². The van der Waals surface area contributed by atoms with Gasteiger partial charge in [-0.25, -0.2) is 4.79 Å². The largest absolute Gasteiger partial charge is 0.480 e. The molecule has 1 aliphatic rings. The molecule has 41 heavy (non-hydrogen) atoms. The normalized spacial score (nSPS) is 16.9. The average Bonchev–Trinajstić information content (AvgIpc) is 3.36. The lowest BCUT2D eigenvalue weighted by molar-refractivity contribution is -0.148. The number of anilines is 1. The monoisotopic (exact) mass is 590 g/mol. The number of rotatable bonds is 8. The van der Waals surface area contributed by atoms with Crippen molar-refractivity contribution in [1.29, 1.82) is 0 Å². The third-order valence-corrected chi connectivity index (χ3v) is 7.36. The van der Waals surface area contributed by atoms with Crippen molar-refractivity contribution >= 4 is 63.3 Å². The Morgan fingerprint density at radius 2 is 1.68 bits per heavy atom. The maximum atomic E-state index is 13.2. The van der Waals surface area contributed by atoms with Crippen LogP contribution in [0, 0.1) is 0 Å². The van der Waals surface area contributed by atoms with E-state index in [9.17, 15) is 19.5 Å². The first-order valence-corrected chi connectivity index (χ1v) is 13.4. The number of fused-ring (bicyclic) bond motifs is 1. The molecule has 2 amide bonds. The lowest BCUT2D eigenvalue weighted by atomic mass is 9.93. The van der Waals surface area contributed by atoms with E-state index >= 15 is 0 Å². The predicted molar refractivity (Wildman–Crippen MR) is 157 cm³/mol. The van der Waals surface area contributed by atoms with Crippen molar-refractivity contribution < 1.29 is 24.3 Å². The number of aliphatic carboxylic acids is 1. The van der Waals surface area contributed by atoms with Crippen LogP contribution in [0.2, 0.25) is 10.0 Å². The molecule has 0 fully saturated rings. The number of oxime groups is 1. The van der Waals surface area contributed by atoms with Gasteiger partial charge in [0.25, 0.3) is 11.8 Å². The topological polar surface area (TPSA) is 130 Å². The molecule has 2 heterocycles. The number of pyridine rings is 1. The lowest BCUT2D eigenvalue weighted by Crippen LogP contribution is -2.51. The van der Waals surface area contributed by atoms with Crippen LogP contribution in [0.3, 0.4) is 0 Å². The molecule has 4 aromatic rings. The van der Waals surface area contributed by atoms with E-state index in [1.165, 1.54) is 0 Å². The summed E-state index contributed by atoms with van der Waals surface area (Å²) in [4.78, 5) is 47.9. The zero-order valence-electron chi connectivity index (χ0n) is 21.7. The molecule has 2 atom stereocenters. The second-order valence-electron chi connectivity index (χ2n) is 9.73. The van der Waals surface area contributed by atoms with Gasteiger partial charge in [0.15, 0.2) is 0 Å². The minimum Gasteiger partial charge on any atom is -0.480 e. The molecular weight excluding hydrogens is 567 g/mol. The third-order valence-electron chi connectivity index (χ3n) is 6.73. The highest BCUT2D eigenvalue weighted by molar-refractivity contribution is 6.40. The van der Waals surface area contributed by atoms with Gasteiger partial charge in [0, 0.05) is 35.7 Å². The number of carbonyl (C=O) groups is 3. The Balaban J connectivity index is 1.23. The number of nitrogens with one attached hydrogen (secondary N) is 2. The number of nitrogens with zero attached hydrogens (tertiary/aromatic N) is 2. The molecule has 0 spiro atoms. The third kappa shape index (κ3) is 6.01. The van der Waals surface area contributed by atoms with Gasteiger partial charge in [-0.05, 0) is 42.8 Å². The number of carbonyl (C=O) groups excluding carboxylic acids is 2. The zero-order chi connectivity index (χ0) is 29.1. The predicted octanol–water partition coefficient (Wildman–Crippen LogP) is 5.49. The van der Waals surface area contributed by atoms with Gasteiger partial charge in [-0.1, -0.05) is 70.8 Å². The Morgan fingerprint density at radius 3 is 2.39 bits per heavy atom. The molecule has 0 radical (unpaired) electrons. The molecule has 0 bridgehead atoms. The number of para-hydroxylation sites is 1. The van der Waals surface area contributed by atoms with Crippen LogP contribution in [0.1, 0.15) is 34.8 Å². The molecule has 3 N–H and O–H groups in total. The van der Waals surface area contributed by atoms with Gasteiger partial charge in [0.05, 0.1) is 26.8 Å². The maximum absolute atomic E-state index is 13.2. The quantitative estimate of drug-likeness (QED) is 0.249. The van der Waals surface area contributed by atoms with Gasteiger partial charge in [-0.3, -0.25) is 14.6 Å². The molecule has 9 nitrogen and oxygen atoms in total. The van der Waals surface area contributed by atoms with E-state index in [2.05, 4.69) is 20.8 Å². The standard InChI is InChI=1S/C30H24Cl2N4O5/c1-30(16-24(36-41-30)20-7-2-5-18-6-4-14-33-26(18)20)29(40)35-23(28(38)39)15-17-10-12-19(13-11-17)34-27(37)25-21(31)8-3-9-22(25)32/h2-14,23H,15-16H2,1H3,(H,34,37)(H,35,40)(H,38,39)/t23-,30?/m0/s1. The highest BCUT2D eigenvalue weighted by Crippen LogP contribution is 2.30.